The van der Waals surface area contributed by atoms with Crippen molar-refractivity contribution in [1.29, 1.82) is 0 Å². The molecule has 2 aromatic rings. The van der Waals surface area contributed by atoms with Crippen LogP contribution in [0.4, 0.5) is 5.69 Å². The first kappa shape index (κ1) is 17.6. The molecule has 0 aliphatic carbocycles. The number of carbonyl (C=O) groups excluding carboxylic acids is 1. The van der Waals surface area contributed by atoms with Crippen molar-refractivity contribution < 1.29 is 28.9 Å². The molecule has 1 heterocycles. The molecule has 0 atom stereocenters. The Kier molecular flexibility index (Phi) is 5.26. The molecule has 0 bridgehead atoms. The third-order valence-corrected chi connectivity index (χ3v) is 3.90. The van der Waals surface area contributed by atoms with E-state index in [1.165, 1.54) is 7.11 Å². The van der Waals surface area contributed by atoms with Crippen LogP contribution in [0.1, 0.15) is 22.3 Å². The van der Waals surface area contributed by atoms with Gasteiger partial charge in [-0.2, -0.15) is 0 Å². The smallest absolute Gasteiger partial charge is 0.303 e. The lowest BCUT2D eigenvalue weighted by Gasteiger charge is -2.21. The number of aliphatic carboxylic acids is 1. The normalized spacial score (nSPS) is 12.3. The zero-order valence-electron chi connectivity index (χ0n) is 14.3. The molecule has 0 spiro atoms. The van der Waals surface area contributed by atoms with Crippen LogP contribution in [0, 0.1) is 0 Å². The highest BCUT2D eigenvalue weighted by Crippen LogP contribution is 2.40. The molecule has 1 aliphatic rings. The molecule has 0 saturated carbocycles. The molecule has 7 heteroatoms. The van der Waals surface area contributed by atoms with Gasteiger partial charge in [0, 0.05) is 17.7 Å². The highest BCUT2D eigenvalue weighted by atomic mass is 16.6. The number of nitrogens with one attached hydrogen (secondary N) is 1. The standard InChI is InChI=1S/C19H19NO6/c1-24-15-10-13(11-16-18(15)26-8-7-25-16)19(23)20-14-4-2-3-12(9-14)5-6-17(21)22/h2-4,9-11H,5-8H2,1H3,(H,20,23)(H,21,22). The van der Waals surface area contributed by atoms with Gasteiger partial charge >= 0.3 is 5.97 Å². The van der Waals surface area contributed by atoms with Crippen LogP contribution in [0.15, 0.2) is 36.4 Å². The minimum Gasteiger partial charge on any atom is -0.493 e. The maximum absolute atomic E-state index is 12.6. The summed E-state index contributed by atoms with van der Waals surface area (Å²) in [5.41, 5.74) is 1.80. The van der Waals surface area contributed by atoms with E-state index in [-0.39, 0.29) is 12.3 Å². The molecule has 2 N–H and O–H groups in total. The van der Waals surface area contributed by atoms with Gasteiger partial charge in [-0.05, 0) is 36.2 Å². The van der Waals surface area contributed by atoms with Crippen molar-refractivity contribution in [2.45, 2.75) is 12.8 Å². The van der Waals surface area contributed by atoms with Crippen molar-refractivity contribution in [3.8, 4) is 17.2 Å². The second-order valence-corrected chi connectivity index (χ2v) is 5.75. The van der Waals surface area contributed by atoms with Gasteiger partial charge < -0.3 is 24.6 Å². The SMILES string of the molecule is COc1cc(C(=O)Nc2cccc(CCC(=O)O)c2)cc2c1OCCO2. The van der Waals surface area contributed by atoms with E-state index in [2.05, 4.69) is 5.32 Å². The molecule has 3 rings (SSSR count). The first-order valence-electron chi connectivity index (χ1n) is 8.16. The number of hydrogen-bond acceptors (Lipinski definition) is 5. The molecule has 2 aromatic carbocycles. The molecule has 26 heavy (non-hydrogen) atoms. The van der Waals surface area contributed by atoms with E-state index < -0.39 is 5.97 Å². The summed E-state index contributed by atoms with van der Waals surface area (Å²) in [6.45, 7) is 0.838. The summed E-state index contributed by atoms with van der Waals surface area (Å²) in [5.74, 6) is 0.211. The quantitative estimate of drug-likeness (QED) is 0.826. The summed E-state index contributed by atoms with van der Waals surface area (Å²) in [4.78, 5) is 23.3. The Labute approximate surface area is 150 Å². The third kappa shape index (κ3) is 4.05. The highest BCUT2D eigenvalue weighted by Gasteiger charge is 2.21. The number of aryl methyl sites for hydroxylation is 1. The van der Waals surface area contributed by atoms with Crippen molar-refractivity contribution in [1.82, 2.24) is 0 Å². The lowest BCUT2D eigenvalue weighted by atomic mass is 10.1. The van der Waals surface area contributed by atoms with Crippen molar-refractivity contribution >= 4 is 17.6 Å². The van der Waals surface area contributed by atoms with Crippen molar-refractivity contribution in [3.63, 3.8) is 0 Å². The van der Waals surface area contributed by atoms with Gasteiger partial charge in [-0.15, -0.1) is 0 Å². The fourth-order valence-electron chi connectivity index (χ4n) is 2.66. The van der Waals surface area contributed by atoms with Crippen molar-refractivity contribution in [2.75, 3.05) is 25.6 Å². The lowest BCUT2D eigenvalue weighted by Crippen LogP contribution is -2.18. The lowest BCUT2D eigenvalue weighted by molar-refractivity contribution is -0.136. The van der Waals surface area contributed by atoms with E-state index in [0.717, 1.165) is 5.56 Å². The second kappa shape index (κ2) is 7.77. The third-order valence-electron chi connectivity index (χ3n) is 3.90. The molecule has 136 valence electrons. The molecule has 7 nitrogen and oxygen atoms in total. The maximum atomic E-state index is 12.6. The Balaban J connectivity index is 1.78. The number of carboxylic acid groups (broad SMARTS) is 1. The predicted octanol–water partition coefficient (Wildman–Crippen LogP) is 2.74. The van der Waals surface area contributed by atoms with Gasteiger partial charge in [-0.25, -0.2) is 0 Å². The Hall–Kier alpha value is -3.22. The fraction of sp³-hybridized carbons (Fsp3) is 0.263. The van der Waals surface area contributed by atoms with Crippen LogP contribution in [0.3, 0.4) is 0 Å². The maximum Gasteiger partial charge on any atom is 0.303 e. The molecule has 1 aliphatic heterocycles. The number of rotatable bonds is 6. The molecular weight excluding hydrogens is 338 g/mol. The first-order chi connectivity index (χ1) is 12.6. The van der Waals surface area contributed by atoms with E-state index >= 15 is 0 Å². The Morgan fingerprint density at radius 2 is 2.00 bits per heavy atom. The molecule has 1 amide bonds. The predicted molar refractivity (Wildman–Crippen MR) is 94.3 cm³/mol. The number of hydrogen-bond donors (Lipinski definition) is 2. The van der Waals surface area contributed by atoms with Crippen LogP contribution in [0.5, 0.6) is 17.2 Å². The Bertz CT molecular complexity index is 816. The molecule has 0 radical (unpaired) electrons. The average Bonchev–Trinajstić information content (AvgIpc) is 2.65. The van der Waals surface area contributed by atoms with Crippen molar-refractivity contribution in [3.05, 3.63) is 47.5 Å². The van der Waals surface area contributed by atoms with Crippen LogP contribution in [0.25, 0.3) is 0 Å². The summed E-state index contributed by atoms with van der Waals surface area (Å²) >= 11 is 0. The van der Waals surface area contributed by atoms with Crippen LogP contribution < -0.4 is 19.5 Å². The zero-order valence-corrected chi connectivity index (χ0v) is 14.3. The van der Waals surface area contributed by atoms with E-state index in [0.29, 0.717) is 48.1 Å². The zero-order chi connectivity index (χ0) is 18.5. The largest absolute Gasteiger partial charge is 0.493 e. The molecule has 0 saturated heterocycles. The average molecular weight is 357 g/mol. The summed E-state index contributed by atoms with van der Waals surface area (Å²) in [7, 11) is 1.50. The van der Waals surface area contributed by atoms with Crippen LogP contribution in [-0.4, -0.2) is 37.3 Å². The van der Waals surface area contributed by atoms with Crippen LogP contribution in [0.2, 0.25) is 0 Å². The van der Waals surface area contributed by atoms with Crippen LogP contribution >= 0.6 is 0 Å². The van der Waals surface area contributed by atoms with Gasteiger partial charge in [0.25, 0.3) is 5.91 Å². The number of carboxylic acids is 1. The molecule has 0 fully saturated rings. The van der Waals surface area contributed by atoms with E-state index in [1.54, 1.807) is 30.3 Å². The molecule has 0 aromatic heterocycles. The van der Waals surface area contributed by atoms with Crippen molar-refractivity contribution in [2.24, 2.45) is 0 Å². The van der Waals surface area contributed by atoms with Gasteiger partial charge in [0.05, 0.1) is 7.11 Å². The number of carbonyl (C=O) groups is 2. The Morgan fingerprint density at radius 1 is 1.19 bits per heavy atom. The van der Waals surface area contributed by atoms with Gasteiger partial charge in [0.15, 0.2) is 11.5 Å². The number of benzene rings is 2. The van der Waals surface area contributed by atoms with Gasteiger partial charge in [-0.1, -0.05) is 12.1 Å². The van der Waals surface area contributed by atoms with E-state index in [9.17, 15) is 9.59 Å². The minimum atomic E-state index is -0.859. The molecule has 0 unspecified atom stereocenters. The number of anilines is 1. The number of ether oxygens (including phenoxy) is 3. The highest BCUT2D eigenvalue weighted by molar-refractivity contribution is 6.05. The first-order valence-corrected chi connectivity index (χ1v) is 8.16. The summed E-state index contributed by atoms with van der Waals surface area (Å²) in [6, 6.07) is 10.3. The minimum absolute atomic E-state index is 0.0385. The van der Waals surface area contributed by atoms with E-state index in [1.807, 2.05) is 6.07 Å². The summed E-state index contributed by atoms with van der Waals surface area (Å²) < 4.78 is 16.4. The second-order valence-electron chi connectivity index (χ2n) is 5.75. The monoisotopic (exact) mass is 357 g/mol. The fourth-order valence-corrected chi connectivity index (χ4v) is 2.66. The van der Waals surface area contributed by atoms with Gasteiger partial charge in [0.2, 0.25) is 5.75 Å². The molecular formula is C19H19NO6. The summed E-state index contributed by atoms with van der Waals surface area (Å²) in [5, 5.41) is 11.6. The van der Waals surface area contributed by atoms with Gasteiger partial charge in [0.1, 0.15) is 13.2 Å². The van der Waals surface area contributed by atoms with E-state index in [4.69, 9.17) is 19.3 Å². The topological polar surface area (TPSA) is 94.1 Å². The Morgan fingerprint density at radius 3 is 2.77 bits per heavy atom. The van der Waals surface area contributed by atoms with Crippen LogP contribution in [-0.2, 0) is 11.2 Å². The van der Waals surface area contributed by atoms with Gasteiger partial charge in [-0.3, -0.25) is 9.59 Å². The number of methoxy groups -OCH3 is 1. The number of amides is 1. The summed E-state index contributed by atoms with van der Waals surface area (Å²) in [6.07, 6.45) is 0.438. The number of fused-ring (bicyclic) bond motifs is 1.